The van der Waals surface area contributed by atoms with Crippen LogP contribution >= 0.6 is 0 Å². The van der Waals surface area contributed by atoms with Crippen LogP contribution in [0.3, 0.4) is 0 Å². The molecule has 4 aromatic carbocycles. The Kier molecular flexibility index (Phi) is 11.5. The zero-order valence-electron chi connectivity index (χ0n) is 27.0. The van der Waals surface area contributed by atoms with Crippen molar-refractivity contribution < 1.29 is 23.1 Å². The van der Waals surface area contributed by atoms with Gasteiger partial charge in [0.15, 0.2) is 0 Å². The summed E-state index contributed by atoms with van der Waals surface area (Å²) in [5.41, 5.74) is 4.76. The Morgan fingerprint density at radius 1 is 0.395 bits per heavy atom. The Balaban J connectivity index is 1.90. The molecule has 228 valence electrons. The molecule has 0 saturated heterocycles. The average molecular weight is 615 g/mol. The van der Waals surface area contributed by atoms with E-state index in [2.05, 4.69) is 100 Å². The van der Waals surface area contributed by atoms with E-state index in [1.54, 1.807) is 0 Å². The van der Waals surface area contributed by atoms with Crippen LogP contribution in [0.4, 0.5) is 0 Å². The lowest BCUT2D eigenvalue weighted by molar-refractivity contribution is 0.340. The maximum absolute atomic E-state index is 7.63. The van der Waals surface area contributed by atoms with Crippen molar-refractivity contribution in [3.8, 4) is 23.0 Å². The molecule has 7 heteroatoms. The zero-order valence-corrected chi connectivity index (χ0v) is 29.3. The summed E-state index contributed by atoms with van der Waals surface area (Å²) in [5.74, 6) is 3.55. The molecule has 0 N–H and O–H groups in total. The Bertz CT molecular complexity index is 1300. The van der Waals surface area contributed by atoms with Crippen molar-refractivity contribution in [2.75, 3.05) is 26.4 Å². The molecule has 0 fully saturated rings. The lowest BCUT2D eigenvalue weighted by Gasteiger charge is -2.29. The van der Waals surface area contributed by atoms with Crippen molar-refractivity contribution >= 4 is 38.8 Å². The first-order valence-electron chi connectivity index (χ1n) is 15.4. The van der Waals surface area contributed by atoms with E-state index in [0.29, 0.717) is 26.4 Å². The second-order valence-corrected chi connectivity index (χ2v) is 15.8. The highest BCUT2D eigenvalue weighted by Crippen LogP contribution is 2.19. The molecule has 4 aromatic rings. The van der Waals surface area contributed by atoms with Gasteiger partial charge < -0.3 is 23.1 Å². The van der Waals surface area contributed by atoms with Gasteiger partial charge in [0, 0.05) is 0 Å². The molecule has 0 spiro atoms. The monoisotopic (exact) mass is 614 g/mol. The van der Waals surface area contributed by atoms with Crippen LogP contribution in [0.15, 0.2) is 72.8 Å². The van der Waals surface area contributed by atoms with Gasteiger partial charge in [-0.3, -0.25) is 0 Å². The van der Waals surface area contributed by atoms with Crippen molar-refractivity contribution in [3.63, 3.8) is 0 Å². The van der Waals surface area contributed by atoms with Gasteiger partial charge in [-0.25, -0.2) is 0 Å². The fourth-order valence-electron chi connectivity index (χ4n) is 5.56. The lowest BCUT2D eigenvalue weighted by Crippen LogP contribution is -2.58. The van der Waals surface area contributed by atoms with Gasteiger partial charge in [-0.2, -0.15) is 0 Å². The molecule has 5 nitrogen and oxygen atoms in total. The molecular formula is C36H46O5Si2. The highest BCUT2D eigenvalue weighted by molar-refractivity contribution is 6.92. The summed E-state index contributed by atoms with van der Waals surface area (Å²) in [6, 6.07) is 25.8. The van der Waals surface area contributed by atoms with E-state index < -0.39 is 18.1 Å². The Morgan fingerprint density at radius 3 is 0.814 bits per heavy atom. The van der Waals surface area contributed by atoms with Crippen LogP contribution in [0.25, 0.3) is 0 Å². The maximum atomic E-state index is 7.63. The van der Waals surface area contributed by atoms with E-state index in [4.69, 9.17) is 23.1 Å². The fourth-order valence-corrected chi connectivity index (χ4v) is 12.7. The van der Waals surface area contributed by atoms with Crippen molar-refractivity contribution in [3.05, 3.63) is 95.1 Å². The first-order chi connectivity index (χ1) is 20.8. The highest BCUT2D eigenvalue weighted by atomic mass is 28.4. The van der Waals surface area contributed by atoms with Gasteiger partial charge in [-0.05, 0) is 147 Å². The van der Waals surface area contributed by atoms with Gasteiger partial charge in [0.25, 0.3) is 0 Å². The first-order valence-corrected chi connectivity index (χ1v) is 18.6. The number of aryl methyl sites for hydroxylation is 4. The van der Waals surface area contributed by atoms with Crippen LogP contribution in [0.5, 0.6) is 23.0 Å². The van der Waals surface area contributed by atoms with Crippen LogP contribution in [0.2, 0.25) is 0 Å². The van der Waals surface area contributed by atoms with E-state index >= 15 is 0 Å². The summed E-state index contributed by atoms with van der Waals surface area (Å²) >= 11 is 0. The fraction of sp³-hybridized carbons (Fsp3) is 0.333. The summed E-state index contributed by atoms with van der Waals surface area (Å²) in [6.07, 6.45) is 0. The molecule has 4 rings (SSSR count). The third-order valence-electron chi connectivity index (χ3n) is 7.61. The second kappa shape index (κ2) is 15.3. The normalized spacial score (nSPS) is 11.2. The molecule has 43 heavy (non-hydrogen) atoms. The molecule has 0 aromatic heterocycles. The molecule has 0 saturated carbocycles. The summed E-state index contributed by atoms with van der Waals surface area (Å²) in [7, 11) is -4.42. The van der Waals surface area contributed by atoms with E-state index in [9.17, 15) is 0 Å². The highest BCUT2D eigenvalue weighted by Gasteiger charge is 2.31. The average Bonchev–Trinajstić information content (AvgIpc) is 2.96. The molecule has 0 amide bonds. The summed E-state index contributed by atoms with van der Waals surface area (Å²) < 4.78 is 31.0. The van der Waals surface area contributed by atoms with Crippen molar-refractivity contribution in [2.24, 2.45) is 0 Å². The van der Waals surface area contributed by atoms with Crippen LogP contribution in [0.1, 0.15) is 49.9 Å². The summed E-state index contributed by atoms with van der Waals surface area (Å²) in [5, 5.41) is 5.06. The van der Waals surface area contributed by atoms with E-state index in [1.165, 1.54) is 43.0 Å². The van der Waals surface area contributed by atoms with E-state index in [1.807, 2.05) is 27.7 Å². The SMILES string of the molecule is CCOc1ccc([SiH](O[SiH](c2ccc(OCC)cc2C)c2ccc(OCC)cc2C)c2ccc(OCC)cc2C)c(C)c1. The van der Waals surface area contributed by atoms with Gasteiger partial charge in [-0.1, -0.05) is 24.3 Å². The molecule has 0 aliphatic rings. The number of ether oxygens (including phenoxy) is 4. The minimum absolute atomic E-state index is 0.636. The molecule has 0 bridgehead atoms. The van der Waals surface area contributed by atoms with Crippen molar-refractivity contribution in [1.29, 1.82) is 0 Å². The number of hydrogen-bond acceptors (Lipinski definition) is 5. The minimum atomic E-state index is -2.21. The Labute approximate surface area is 261 Å². The summed E-state index contributed by atoms with van der Waals surface area (Å²) in [6.45, 7) is 19.3. The van der Waals surface area contributed by atoms with Crippen molar-refractivity contribution in [2.45, 2.75) is 55.4 Å². The molecule has 0 aliphatic heterocycles. The van der Waals surface area contributed by atoms with Crippen LogP contribution in [-0.2, 0) is 4.12 Å². The van der Waals surface area contributed by atoms with E-state index in [-0.39, 0.29) is 0 Å². The predicted molar refractivity (Wildman–Crippen MR) is 183 cm³/mol. The second-order valence-electron chi connectivity index (χ2n) is 10.7. The first kappa shape index (κ1) is 32.4. The third kappa shape index (κ3) is 7.90. The smallest absolute Gasteiger partial charge is 0.229 e. The molecular weight excluding hydrogens is 569 g/mol. The number of rotatable bonds is 14. The standard InChI is InChI=1S/C36H46O5Si2/c1-9-37-29-13-17-33(25(5)21-29)42(34-18-14-30(38-10-2)22-26(34)6)41-43(35-19-15-31(39-11-3)23-27(35)7)36-20-16-32(40-12-4)24-28(36)8/h13-24,42-43H,9-12H2,1-8H3. The molecule has 0 heterocycles. The van der Waals surface area contributed by atoms with Crippen LogP contribution < -0.4 is 39.7 Å². The predicted octanol–water partition coefficient (Wildman–Crippen LogP) is 4.91. The van der Waals surface area contributed by atoms with Gasteiger partial charge in [0.1, 0.15) is 23.0 Å². The minimum Gasteiger partial charge on any atom is -0.494 e. The quantitative estimate of drug-likeness (QED) is 0.189. The van der Waals surface area contributed by atoms with Gasteiger partial charge in [-0.15, -0.1) is 0 Å². The number of benzene rings is 4. The third-order valence-corrected chi connectivity index (χ3v) is 14.6. The van der Waals surface area contributed by atoms with Gasteiger partial charge in [0.2, 0.25) is 18.1 Å². The largest absolute Gasteiger partial charge is 0.494 e. The zero-order chi connectivity index (χ0) is 30.9. The Morgan fingerprint density at radius 2 is 0.628 bits per heavy atom. The topological polar surface area (TPSA) is 46.2 Å². The molecule has 0 radical (unpaired) electrons. The lowest BCUT2D eigenvalue weighted by atomic mass is 10.2. The van der Waals surface area contributed by atoms with Crippen LogP contribution in [-0.4, -0.2) is 44.5 Å². The molecule has 0 unspecified atom stereocenters. The van der Waals surface area contributed by atoms with Gasteiger partial charge >= 0.3 is 0 Å². The maximum Gasteiger partial charge on any atom is 0.229 e. The van der Waals surface area contributed by atoms with Gasteiger partial charge in [0.05, 0.1) is 26.4 Å². The van der Waals surface area contributed by atoms with E-state index in [0.717, 1.165) is 23.0 Å². The molecule has 0 atom stereocenters. The number of hydrogen-bond donors (Lipinski definition) is 0. The summed E-state index contributed by atoms with van der Waals surface area (Å²) in [4.78, 5) is 0. The van der Waals surface area contributed by atoms with Crippen molar-refractivity contribution in [1.82, 2.24) is 0 Å². The Hall–Kier alpha value is -3.53. The van der Waals surface area contributed by atoms with Crippen LogP contribution in [0, 0.1) is 27.7 Å². The molecule has 0 aliphatic carbocycles.